The summed E-state index contributed by atoms with van der Waals surface area (Å²) in [5, 5.41) is 10.6. The maximum atomic E-state index is 11.7. The number of carbonyl (C=O) groups is 1. The van der Waals surface area contributed by atoms with Crippen molar-refractivity contribution in [3.05, 3.63) is 42.0 Å². The third-order valence-electron chi connectivity index (χ3n) is 7.44. The number of hydrogen-bond acceptors (Lipinski definition) is 6. The van der Waals surface area contributed by atoms with Crippen LogP contribution in [-0.2, 0) is 25.4 Å². The van der Waals surface area contributed by atoms with Crippen LogP contribution in [0.2, 0.25) is 18.1 Å². The summed E-state index contributed by atoms with van der Waals surface area (Å²) in [4.78, 5) is 16.4. The SMILES string of the molecule is CC[Si](CC)(CC)O[C@@H](COCc1ccc(OC)cc1)[C@H](C)/C=C/[C@@H](C)C[C@@H](O)C[C@@H](C)CC(=O)NOC. The van der Waals surface area contributed by atoms with Crippen LogP contribution in [0.4, 0.5) is 0 Å². The Balaban J connectivity index is 2.75. The summed E-state index contributed by atoms with van der Waals surface area (Å²) in [6, 6.07) is 11.2. The van der Waals surface area contributed by atoms with Crippen LogP contribution < -0.4 is 10.2 Å². The molecular formula is C30H53NO6Si. The van der Waals surface area contributed by atoms with Gasteiger partial charge in [-0.05, 0) is 60.5 Å². The molecule has 0 fully saturated rings. The number of rotatable bonds is 20. The molecule has 0 aromatic heterocycles. The van der Waals surface area contributed by atoms with Crippen LogP contribution in [0.3, 0.4) is 0 Å². The van der Waals surface area contributed by atoms with E-state index in [2.05, 4.69) is 57.1 Å². The number of hydroxylamine groups is 1. The van der Waals surface area contributed by atoms with E-state index in [-0.39, 0.29) is 29.8 Å². The molecule has 1 rings (SSSR count). The Labute approximate surface area is 232 Å². The number of nitrogens with one attached hydrogen (secondary N) is 1. The molecule has 0 saturated carbocycles. The van der Waals surface area contributed by atoms with Crippen molar-refractivity contribution in [2.45, 2.75) is 97.8 Å². The molecule has 1 aromatic carbocycles. The number of methoxy groups -OCH3 is 1. The van der Waals surface area contributed by atoms with Gasteiger partial charge in [0.05, 0.1) is 39.6 Å². The normalized spacial score (nSPS) is 16.1. The van der Waals surface area contributed by atoms with Crippen LogP contribution in [0, 0.1) is 17.8 Å². The molecule has 0 spiro atoms. The van der Waals surface area contributed by atoms with Gasteiger partial charge in [-0.1, -0.05) is 65.8 Å². The summed E-state index contributed by atoms with van der Waals surface area (Å²) in [7, 11) is 1.27. The second kappa shape index (κ2) is 18.6. The van der Waals surface area contributed by atoms with Crippen LogP contribution in [0.25, 0.3) is 0 Å². The molecule has 0 saturated heterocycles. The minimum atomic E-state index is -1.82. The van der Waals surface area contributed by atoms with Crippen LogP contribution in [0.5, 0.6) is 5.75 Å². The van der Waals surface area contributed by atoms with Crippen LogP contribution in [-0.4, -0.2) is 52.4 Å². The van der Waals surface area contributed by atoms with Crippen molar-refractivity contribution in [2.24, 2.45) is 17.8 Å². The van der Waals surface area contributed by atoms with Gasteiger partial charge in [-0.25, -0.2) is 5.48 Å². The van der Waals surface area contributed by atoms with Gasteiger partial charge in [0, 0.05) is 12.3 Å². The van der Waals surface area contributed by atoms with Gasteiger partial charge in [-0.2, -0.15) is 0 Å². The number of carbonyl (C=O) groups excluding carboxylic acids is 1. The molecule has 0 heterocycles. The lowest BCUT2D eigenvalue weighted by Gasteiger charge is -2.35. The number of aliphatic hydroxyl groups is 1. The first-order valence-electron chi connectivity index (χ1n) is 14.2. The molecule has 0 aliphatic rings. The summed E-state index contributed by atoms with van der Waals surface area (Å²) in [5.74, 6) is 1.13. The Kier molecular flexibility index (Phi) is 16.8. The van der Waals surface area contributed by atoms with Crippen molar-refractivity contribution < 1.29 is 28.6 Å². The zero-order chi connectivity index (χ0) is 28.6. The largest absolute Gasteiger partial charge is 0.497 e. The zero-order valence-corrected chi connectivity index (χ0v) is 26.0. The fourth-order valence-corrected chi connectivity index (χ4v) is 7.67. The van der Waals surface area contributed by atoms with Crippen molar-refractivity contribution in [3.8, 4) is 5.75 Å². The standard InChI is InChI=1S/C30H53NO6Si/c1-9-38(10-2,11-3)37-29(22-36-21-26-14-16-28(34-7)17-15-26)25(6)13-12-23(4)18-27(32)19-24(5)20-30(33)31-35-8/h12-17,23-25,27,29,32H,9-11,18-22H2,1-8H3,(H,31,33)/b13-12+/t23-,24-,25-,27-,29+/m1/s1. The lowest BCUT2D eigenvalue weighted by atomic mass is 9.93. The Bertz CT molecular complexity index is 790. The Morgan fingerprint density at radius 3 is 2.18 bits per heavy atom. The molecule has 218 valence electrons. The first-order valence-corrected chi connectivity index (χ1v) is 16.7. The first-order chi connectivity index (χ1) is 18.1. The number of hydrogen-bond donors (Lipinski definition) is 2. The highest BCUT2D eigenvalue weighted by Crippen LogP contribution is 2.27. The van der Waals surface area contributed by atoms with Gasteiger partial charge in [0.1, 0.15) is 5.75 Å². The molecular weight excluding hydrogens is 498 g/mol. The van der Waals surface area contributed by atoms with E-state index in [9.17, 15) is 9.90 Å². The monoisotopic (exact) mass is 551 g/mol. The number of aliphatic hydroxyl groups excluding tert-OH is 1. The number of benzene rings is 1. The smallest absolute Gasteiger partial charge is 0.243 e. The Morgan fingerprint density at radius 2 is 1.63 bits per heavy atom. The molecule has 1 amide bonds. The zero-order valence-electron chi connectivity index (χ0n) is 25.0. The molecule has 2 N–H and O–H groups in total. The third-order valence-corrected chi connectivity index (χ3v) is 12.1. The molecule has 0 aliphatic carbocycles. The van der Waals surface area contributed by atoms with Crippen molar-refractivity contribution in [1.29, 1.82) is 0 Å². The van der Waals surface area contributed by atoms with Crippen LogP contribution in [0.1, 0.15) is 66.4 Å². The number of ether oxygens (including phenoxy) is 2. The van der Waals surface area contributed by atoms with Crippen molar-refractivity contribution in [2.75, 3.05) is 20.8 Å². The molecule has 0 aliphatic heterocycles. The maximum Gasteiger partial charge on any atom is 0.243 e. The Hall–Kier alpha value is -1.71. The minimum absolute atomic E-state index is 0.0209. The van der Waals surface area contributed by atoms with Gasteiger partial charge in [0.15, 0.2) is 8.32 Å². The number of allylic oxidation sites excluding steroid dienone is 1. The quantitative estimate of drug-likeness (QED) is 0.113. The van der Waals surface area contributed by atoms with Gasteiger partial charge in [-0.3, -0.25) is 9.63 Å². The lowest BCUT2D eigenvalue weighted by Crippen LogP contribution is -2.43. The van der Waals surface area contributed by atoms with Crippen LogP contribution in [0.15, 0.2) is 36.4 Å². The van der Waals surface area contributed by atoms with E-state index in [1.165, 1.54) is 7.11 Å². The van der Waals surface area contributed by atoms with E-state index >= 15 is 0 Å². The summed E-state index contributed by atoms with van der Waals surface area (Å²) < 4.78 is 18.3. The van der Waals surface area contributed by atoms with E-state index in [4.69, 9.17) is 13.9 Å². The van der Waals surface area contributed by atoms with E-state index in [1.54, 1.807) is 7.11 Å². The molecule has 8 heteroatoms. The molecule has 7 nitrogen and oxygen atoms in total. The molecule has 0 unspecified atom stereocenters. The van der Waals surface area contributed by atoms with Gasteiger partial charge in [0.25, 0.3) is 0 Å². The summed E-state index contributed by atoms with van der Waals surface area (Å²) >= 11 is 0. The van der Waals surface area contributed by atoms with Gasteiger partial charge < -0.3 is 19.0 Å². The molecule has 0 radical (unpaired) electrons. The topological polar surface area (TPSA) is 86.3 Å². The fourth-order valence-electron chi connectivity index (χ4n) is 4.74. The average Bonchev–Trinajstić information content (AvgIpc) is 2.89. The lowest BCUT2D eigenvalue weighted by molar-refractivity contribution is -0.132. The highest BCUT2D eigenvalue weighted by atomic mass is 28.4. The summed E-state index contributed by atoms with van der Waals surface area (Å²) in [5.41, 5.74) is 3.44. The molecule has 1 aromatic rings. The highest BCUT2D eigenvalue weighted by molar-refractivity contribution is 6.73. The Morgan fingerprint density at radius 1 is 1.00 bits per heavy atom. The molecule has 38 heavy (non-hydrogen) atoms. The van der Waals surface area contributed by atoms with Crippen molar-refractivity contribution >= 4 is 14.2 Å². The summed E-state index contributed by atoms with van der Waals surface area (Å²) in [6.07, 6.45) is 5.48. The van der Waals surface area contributed by atoms with Gasteiger partial charge >= 0.3 is 0 Å². The molecule has 0 bridgehead atoms. The van der Waals surface area contributed by atoms with E-state index in [0.717, 1.165) is 29.4 Å². The fraction of sp³-hybridized carbons (Fsp3) is 0.700. The third kappa shape index (κ3) is 12.9. The first kappa shape index (κ1) is 34.3. The second-order valence-electron chi connectivity index (χ2n) is 10.6. The summed E-state index contributed by atoms with van der Waals surface area (Å²) in [6.45, 7) is 14.1. The minimum Gasteiger partial charge on any atom is -0.497 e. The van der Waals surface area contributed by atoms with Crippen LogP contribution >= 0.6 is 0 Å². The van der Waals surface area contributed by atoms with Crippen molar-refractivity contribution in [1.82, 2.24) is 5.48 Å². The highest BCUT2D eigenvalue weighted by Gasteiger charge is 2.33. The van der Waals surface area contributed by atoms with Gasteiger partial charge in [-0.15, -0.1) is 0 Å². The van der Waals surface area contributed by atoms with Crippen molar-refractivity contribution in [3.63, 3.8) is 0 Å². The number of amides is 1. The van der Waals surface area contributed by atoms with E-state index in [0.29, 0.717) is 32.5 Å². The predicted molar refractivity (Wildman–Crippen MR) is 156 cm³/mol. The van der Waals surface area contributed by atoms with E-state index in [1.807, 2.05) is 31.2 Å². The molecule has 5 atom stereocenters. The predicted octanol–water partition coefficient (Wildman–Crippen LogP) is 6.28. The maximum absolute atomic E-state index is 11.7. The van der Waals surface area contributed by atoms with Gasteiger partial charge in [0.2, 0.25) is 5.91 Å². The second-order valence-corrected chi connectivity index (χ2v) is 15.4. The average molecular weight is 552 g/mol. The van der Waals surface area contributed by atoms with E-state index < -0.39 is 14.4 Å².